The Morgan fingerprint density at radius 3 is 2.10 bits per heavy atom. The summed E-state index contributed by atoms with van der Waals surface area (Å²) in [5, 5.41) is 9.73. The van der Waals surface area contributed by atoms with E-state index in [1.807, 2.05) is 24.3 Å². The molecular formula is C17H24BrNO. The van der Waals surface area contributed by atoms with Gasteiger partial charge in [0.1, 0.15) is 5.75 Å². The van der Waals surface area contributed by atoms with Crippen LogP contribution in [-0.4, -0.2) is 11.9 Å². The summed E-state index contributed by atoms with van der Waals surface area (Å²) in [6, 6.07) is 9.97. The van der Waals surface area contributed by atoms with Crippen LogP contribution in [0.4, 0.5) is 0 Å². The van der Waals surface area contributed by atoms with Gasteiger partial charge in [0.25, 0.3) is 0 Å². The Hall–Kier alpha value is -1.01. The van der Waals surface area contributed by atoms with Gasteiger partial charge in [0.05, 0.1) is 19.1 Å². The van der Waals surface area contributed by atoms with E-state index in [0.717, 1.165) is 29.7 Å². The van der Waals surface area contributed by atoms with Gasteiger partial charge >= 0.3 is 0 Å². The molecule has 20 heavy (non-hydrogen) atoms. The number of hydrogen-bond donors (Lipinski definition) is 0. The molecule has 0 atom stereocenters. The largest absolute Gasteiger partial charge is 0.494 e. The van der Waals surface area contributed by atoms with Crippen LogP contribution in [0.2, 0.25) is 0 Å². The first-order chi connectivity index (χ1) is 9.86. The zero-order chi connectivity index (χ0) is 14.5. The number of unbranched alkanes of at least 4 members (excludes halogenated alkanes) is 6. The Labute approximate surface area is 131 Å². The molecule has 0 aliphatic carbocycles. The minimum Gasteiger partial charge on any atom is -0.494 e. The lowest BCUT2D eigenvalue weighted by Gasteiger charge is -2.06. The Bertz CT molecular complexity index is 383. The highest BCUT2D eigenvalue weighted by Gasteiger charge is 1.96. The highest BCUT2D eigenvalue weighted by atomic mass is 79.9. The fourth-order valence-electron chi connectivity index (χ4n) is 2.07. The number of nitrogens with zero attached hydrogens (tertiary/aromatic N) is 1. The van der Waals surface area contributed by atoms with Crippen molar-refractivity contribution in [2.45, 2.75) is 51.4 Å². The lowest BCUT2D eigenvalue weighted by atomic mass is 10.1. The van der Waals surface area contributed by atoms with Gasteiger partial charge in [-0.15, -0.1) is 0 Å². The predicted octanol–water partition coefficient (Wildman–Crippen LogP) is 5.26. The average molecular weight is 338 g/mol. The van der Waals surface area contributed by atoms with E-state index in [2.05, 4.69) is 22.0 Å². The van der Waals surface area contributed by atoms with E-state index in [-0.39, 0.29) is 0 Å². The van der Waals surface area contributed by atoms with E-state index in [0.29, 0.717) is 6.42 Å². The van der Waals surface area contributed by atoms with E-state index in [1.165, 1.54) is 38.5 Å². The zero-order valence-corrected chi connectivity index (χ0v) is 13.7. The molecule has 2 nitrogen and oxygen atoms in total. The molecule has 0 aliphatic rings. The molecule has 0 saturated carbocycles. The fourth-order valence-corrected chi connectivity index (χ4v) is 2.46. The Kier molecular flexibility index (Phi) is 10.0. The molecular weight excluding hydrogens is 314 g/mol. The molecule has 1 aromatic rings. The Morgan fingerprint density at radius 2 is 1.50 bits per heavy atom. The van der Waals surface area contributed by atoms with Gasteiger partial charge in [-0.2, -0.15) is 5.26 Å². The maximum Gasteiger partial charge on any atom is 0.119 e. The van der Waals surface area contributed by atoms with Crippen molar-refractivity contribution in [3.05, 3.63) is 29.8 Å². The van der Waals surface area contributed by atoms with E-state index >= 15 is 0 Å². The van der Waals surface area contributed by atoms with Gasteiger partial charge in [0.2, 0.25) is 0 Å². The van der Waals surface area contributed by atoms with E-state index < -0.39 is 0 Å². The van der Waals surface area contributed by atoms with Crippen molar-refractivity contribution in [1.82, 2.24) is 0 Å². The van der Waals surface area contributed by atoms with Crippen molar-refractivity contribution < 1.29 is 4.74 Å². The van der Waals surface area contributed by atoms with E-state index in [9.17, 15) is 0 Å². The average Bonchev–Trinajstić information content (AvgIpc) is 2.47. The molecule has 0 amide bonds. The molecule has 1 aromatic carbocycles. The minimum atomic E-state index is 0.468. The number of benzene rings is 1. The van der Waals surface area contributed by atoms with Gasteiger partial charge in [-0.3, -0.25) is 0 Å². The summed E-state index contributed by atoms with van der Waals surface area (Å²) in [7, 11) is 0. The van der Waals surface area contributed by atoms with Crippen LogP contribution >= 0.6 is 15.9 Å². The summed E-state index contributed by atoms with van der Waals surface area (Å²) >= 11 is 3.46. The molecule has 0 aliphatic heterocycles. The Balaban J connectivity index is 1.99. The molecule has 0 saturated heterocycles. The first-order valence-electron chi connectivity index (χ1n) is 7.51. The number of nitriles is 1. The molecule has 3 heteroatoms. The quantitative estimate of drug-likeness (QED) is 0.407. The molecule has 0 spiro atoms. The molecule has 0 fully saturated rings. The fraction of sp³-hybridized carbons (Fsp3) is 0.588. The van der Waals surface area contributed by atoms with Crippen LogP contribution in [0, 0.1) is 11.3 Å². The van der Waals surface area contributed by atoms with Crippen LogP contribution < -0.4 is 4.74 Å². The van der Waals surface area contributed by atoms with Crippen molar-refractivity contribution in [1.29, 1.82) is 5.26 Å². The maximum atomic E-state index is 8.60. The van der Waals surface area contributed by atoms with Gasteiger partial charge in [-0.25, -0.2) is 0 Å². The van der Waals surface area contributed by atoms with Crippen molar-refractivity contribution in [3.63, 3.8) is 0 Å². The number of hydrogen-bond acceptors (Lipinski definition) is 2. The minimum absolute atomic E-state index is 0.468. The lowest BCUT2D eigenvalue weighted by molar-refractivity contribution is 0.304. The topological polar surface area (TPSA) is 33.0 Å². The third-order valence-corrected chi connectivity index (χ3v) is 3.81. The first kappa shape index (κ1) is 17.0. The number of rotatable bonds is 11. The molecule has 0 bridgehead atoms. The van der Waals surface area contributed by atoms with Crippen molar-refractivity contribution in [2.75, 3.05) is 11.9 Å². The smallest absolute Gasteiger partial charge is 0.119 e. The van der Waals surface area contributed by atoms with Crippen LogP contribution in [0.15, 0.2) is 24.3 Å². The van der Waals surface area contributed by atoms with Crippen LogP contribution in [0.25, 0.3) is 0 Å². The molecule has 0 N–H and O–H groups in total. The third kappa shape index (κ3) is 8.22. The molecule has 0 radical (unpaired) electrons. The van der Waals surface area contributed by atoms with Gasteiger partial charge in [-0.1, -0.05) is 60.2 Å². The summed E-state index contributed by atoms with van der Waals surface area (Å²) in [5.74, 6) is 0.906. The second-order valence-corrected chi connectivity index (χ2v) is 5.78. The van der Waals surface area contributed by atoms with Crippen molar-refractivity contribution >= 4 is 15.9 Å². The van der Waals surface area contributed by atoms with Gasteiger partial charge in [0, 0.05) is 5.33 Å². The second kappa shape index (κ2) is 11.8. The van der Waals surface area contributed by atoms with E-state index in [4.69, 9.17) is 10.00 Å². The molecule has 0 unspecified atom stereocenters. The summed E-state index contributed by atoms with van der Waals surface area (Å²) in [6.45, 7) is 0.791. The first-order valence-corrected chi connectivity index (χ1v) is 8.63. The third-order valence-electron chi connectivity index (χ3n) is 3.25. The lowest BCUT2D eigenvalue weighted by Crippen LogP contribution is -1.97. The summed E-state index contributed by atoms with van der Waals surface area (Å²) in [5.41, 5.74) is 1.04. The second-order valence-electron chi connectivity index (χ2n) is 4.99. The number of halogens is 1. The normalized spacial score (nSPS) is 10.2. The number of alkyl halides is 1. The van der Waals surface area contributed by atoms with Crippen LogP contribution in [0.3, 0.4) is 0 Å². The summed E-state index contributed by atoms with van der Waals surface area (Å²) < 4.78 is 5.70. The van der Waals surface area contributed by atoms with Gasteiger partial charge in [0.15, 0.2) is 0 Å². The van der Waals surface area contributed by atoms with Crippen molar-refractivity contribution in [2.24, 2.45) is 0 Å². The standard InChI is InChI=1S/C17H24BrNO/c18-13-6-4-2-1-3-5-7-15-20-17-10-8-16(9-11-17)12-14-19/h8-11H,1-7,12-13,15H2. The Morgan fingerprint density at radius 1 is 0.900 bits per heavy atom. The predicted molar refractivity (Wildman–Crippen MR) is 87.4 cm³/mol. The maximum absolute atomic E-state index is 8.60. The SMILES string of the molecule is N#CCc1ccc(OCCCCCCCCCBr)cc1. The number of ether oxygens (including phenoxy) is 1. The highest BCUT2D eigenvalue weighted by molar-refractivity contribution is 9.09. The molecule has 0 aromatic heterocycles. The highest BCUT2D eigenvalue weighted by Crippen LogP contribution is 2.14. The van der Waals surface area contributed by atoms with Gasteiger partial charge in [-0.05, 0) is 30.5 Å². The summed E-state index contributed by atoms with van der Waals surface area (Å²) in [4.78, 5) is 0. The van der Waals surface area contributed by atoms with Crippen LogP contribution in [0.5, 0.6) is 5.75 Å². The summed E-state index contributed by atoms with van der Waals surface area (Å²) in [6.07, 6.45) is 9.49. The van der Waals surface area contributed by atoms with Gasteiger partial charge < -0.3 is 4.74 Å². The molecule has 110 valence electrons. The van der Waals surface area contributed by atoms with Crippen LogP contribution in [0.1, 0.15) is 50.5 Å². The molecule has 1 rings (SSSR count). The monoisotopic (exact) mass is 337 g/mol. The van der Waals surface area contributed by atoms with Crippen molar-refractivity contribution in [3.8, 4) is 11.8 Å². The van der Waals surface area contributed by atoms with E-state index in [1.54, 1.807) is 0 Å². The zero-order valence-electron chi connectivity index (χ0n) is 12.1. The molecule has 0 heterocycles. The van der Waals surface area contributed by atoms with Crippen LogP contribution in [-0.2, 0) is 6.42 Å².